The van der Waals surface area contributed by atoms with E-state index < -0.39 is 6.03 Å². The third-order valence-corrected chi connectivity index (χ3v) is 4.71. The summed E-state index contributed by atoms with van der Waals surface area (Å²) >= 11 is 3.30. The molecule has 9 heteroatoms. The van der Waals surface area contributed by atoms with Crippen LogP contribution in [0.15, 0.2) is 46.9 Å². The molecule has 2 aromatic rings. The van der Waals surface area contributed by atoms with Crippen molar-refractivity contribution in [1.82, 2.24) is 10.2 Å². The summed E-state index contributed by atoms with van der Waals surface area (Å²) in [6, 6.07) is 11.3. The van der Waals surface area contributed by atoms with Gasteiger partial charge in [0.1, 0.15) is 0 Å². The summed E-state index contributed by atoms with van der Waals surface area (Å²) in [4.78, 5) is 49.1. The number of anilines is 2. The molecule has 1 aliphatic heterocycles. The lowest BCUT2D eigenvalue weighted by molar-refractivity contribution is -0.114. The Morgan fingerprint density at radius 3 is 2.38 bits per heavy atom. The molecule has 0 fully saturated rings. The molecule has 0 unspecified atom stereocenters. The highest BCUT2D eigenvalue weighted by molar-refractivity contribution is 9.10. The molecule has 2 aromatic carbocycles. The van der Waals surface area contributed by atoms with Crippen molar-refractivity contribution in [2.45, 2.75) is 13.3 Å². The van der Waals surface area contributed by atoms with Crippen molar-refractivity contribution < 1.29 is 19.2 Å². The monoisotopic (exact) mass is 458 g/mol. The van der Waals surface area contributed by atoms with E-state index in [2.05, 4.69) is 31.9 Å². The maximum atomic E-state index is 12.4. The van der Waals surface area contributed by atoms with Crippen LogP contribution < -0.4 is 16.0 Å². The van der Waals surface area contributed by atoms with Crippen molar-refractivity contribution >= 4 is 51.1 Å². The van der Waals surface area contributed by atoms with Crippen molar-refractivity contribution in [3.8, 4) is 0 Å². The first-order valence-corrected chi connectivity index (χ1v) is 9.72. The molecule has 0 aromatic heterocycles. The summed E-state index contributed by atoms with van der Waals surface area (Å²) in [6.45, 7) is 1.90. The summed E-state index contributed by atoms with van der Waals surface area (Å²) in [5.41, 5.74) is 1.88. The molecule has 3 rings (SSSR count). The predicted molar refractivity (Wildman–Crippen MR) is 112 cm³/mol. The van der Waals surface area contributed by atoms with Gasteiger partial charge in [0.15, 0.2) is 0 Å². The Bertz CT molecular complexity index is 992. The van der Waals surface area contributed by atoms with Crippen molar-refractivity contribution in [3.63, 3.8) is 0 Å². The molecule has 8 nitrogen and oxygen atoms in total. The summed E-state index contributed by atoms with van der Waals surface area (Å²) in [6.07, 6.45) is 0.423. The number of nitrogens with one attached hydrogen (secondary N) is 3. The maximum absolute atomic E-state index is 12.4. The molecule has 150 valence electrons. The van der Waals surface area contributed by atoms with E-state index in [9.17, 15) is 19.2 Å². The minimum absolute atomic E-state index is 0.202. The van der Waals surface area contributed by atoms with Gasteiger partial charge in [0.2, 0.25) is 5.91 Å². The Morgan fingerprint density at radius 1 is 0.966 bits per heavy atom. The lowest BCUT2D eigenvalue weighted by Gasteiger charge is -2.14. The fourth-order valence-corrected chi connectivity index (χ4v) is 3.32. The van der Waals surface area contributed by atoms with Gasteiger partial charge >= 0.3 is 6.03 Å². The second kappa shape index (κ2) is 8.87. The van der Waals surface area contributed by atoms with Gasteiger partial charge in [-0.3, -0.25) is 19.3 Å². The molecule has 0 spiro atoms. The van der Waals surface area contributed by atoms with Gasteiger partial charge in [-0.1, -0.05) is 22.0 Å². The quantitative estimate of drug-likeness (QED) is 0.456. The number of hydrogen-bond donors (Lipinski definition) is 3. The van der Waals surface area contributed by atoms with Crippen LogP contribution in [0, 0.1) is 0 Å². The van der Waals surface area contributed by atoms with E-state index in [0.29, 0.717) is 28.9 Å². The highest BCUT2D eigenvalue weighted by Crippen LogP contribution is 2.26. The molecule has 3 N–H and O–H groups in total. The Kier molecular flexibility index (Phi) is 6.28. The number of carbonyl (C=O) groups excluding carboxylic acids is 4. The third-order valence-electron chi connectivity index (χ3n) is 4.22. The summed E-state index contributed by atoms with van der Waals surface area (Å²) in [5.74, 6) is -0.852. The van der Waals surface area contributed by atoms with E-state index >= 15 is 0 Å². The second-order valence-corrected chi connectivity index (χ2v) is 7.36. The summed E-state index contributed by atoms with van der Waals surface area (Å²) < 4.78 is 0.736. The average Bonchev–Trinajstić information content (AvgIpc) is 2.89. The van der Waals surface area contributed by atoms with Crippen LogP contribution in [0.25, 0.3) is 0 Å². The number of hydrogen-bond acceptors (Lipinski definition) is 4. The fourth-order valence-electron chi connectivity index (χ4n) is 2.96. The number of urea groups is 1. The zero-order valence-corrected chi connectivity index (χ0v) is 17.2. The first-order valence-electron chi connectivity index (χ1n) is 8.93. The second-order valence-electron chi connectivity index (χ2n) is 6.45. The highest BCUT2D eigenvalue weighted by atomic mass is 79.9. The zero-order valence-electron chi connectivity index (χ0n) is 15.6. The van der Waals surface area contributed by atoms with Crippen molar-refractivity contribution in [3.05, 3.63) is 58.1 Å². The maximum Gasteiger partial charge on any atom is 0.319 e. The molecule has 0 saturated heterocycles. The first-order chi connectivity index (χ1) is 13.8. The van der Waals surface area contributed by atoms with Gasteiger partial charge in [0.05, 0.1) is 11.1 Å². The number of rotatable bonds is 6. The minimum atomic E-state index is -0.420. The van der Waals surface area contributed by atoms with Crippen LogP contribution >= 0.6 is 15.9 Å². The van der Waals surface area contributed by atoms with Crippen molar-refractivity contribution in [2.75, 3.05) is 23.7 Å². The van der Waals surface area contributed by atoms with Crippen LogP contribution in [0.3, 0.4) is 0 Å². The molecular formula is C20H19BrN4O4. The molecule has 5 amide bonds. The van der Waals surface area contributed by atoms with Crippen LogP contribution in [-0.2, 0) is 4.79 Å². The van der Waals surface area contributed by atoms with Gasteiger partial charge in [-0.05, 0) is 42.8 Å². The molecule has 29 heavy (non-hydrogen) atoms. The van der Waals surface area contributed by atoms with E-state index in [1.807, 2.05) is 0 Å². The Hall–Kier alpha value is -3.20. The van der Waals surface area contributed by atoms with Crippen molar-refractivity contribution in [1.29, 1.82) is 0 Å². The molecule has 0 atom stereocenters. The predicted octanol–water partition coefficient (Wildman–Crippen LogP) is 3.22. The largest absolute Gasteiger partial charge is 0.338 e. The van der Waals surface area contributed by atoms with E-state index in [4.69, 9.17) is 0 Å². The number of halogens is 1. The Labute approximate surface area is 175 Å². The molecule has 0 saturated carbocycles. The summed E-state index contributed by atoms with van der Waals surface area (Å²) in [5, 5.41) is 7.99. The number of nitrogens with zero attached hydrogens (tertiary/aromatic N) is 1. The normalized spacial score (nSPS) is 12.6. The molecular weight excluding hydrogens is 440 g/mol. The minimum Gasteiger partial charge on any atom is -0.338 e. The topological polar surface area (TPSA) is 108 Å². The molecule has 0 bridgehead atoms. The lowest BCUT2D eigenvalue weighted by Crippen LogP contribution is -2.35. The van der Waals surface area contributed by atoms with E-state index in [1.165, 1.54) is 11.8 Å². The van der Waals surface area contributed by atoms with Gasteiger partial charge in [0, 0.05) is 35.9 Å². The number of imide groups is 1. The molecule has 0 aliphatic carbocycles. The van der Waals surface area contributed by atoms with E-state index in [0.717, 1.165) is 4.47 Å². The van der Waals surface area contributed by atoms with Crippen LogP contribution in [0.2, 0.25) is 0 Å². The number of fused-ring (bicyclic) bond motifs is 1. The highest BCUT2D eigenvalue weighted by Gasteiger charge is 2.34. The number of amides is 5. The number of benzene rings is 2. The van der Waals surface area contributed by atoms with Gasteiger partial charge in [0.25, 0.3) is 11.8 Å². The zero-order chi connectivity index (χ0) is 21.0. The summed E-state index contributed by atoms with van der Waals surface area (Å²) in [7, 11) is 0. The third kappa shape index (κ3) is 5.00. The van der Waals surface area contributed by atoms with Crippen LogP contribution in [0.5, 0.6) is 0 Å². The average molecular weight is 459 g/mol. The van der Waals surface area contributed by atoms with Crippen LogP contribution in [-0.4, -0.2) is 41.7 Å². The van der Waals surface area contributed by atoms with Crippen molar-refractivity contribution in [2.24, 2.45) is 0 Å². The van der Waals surface area contributed by atoms with E-state index in [1.54, 1.807) is 42.5 Å². The lowest BCUT2D eigenvalue weighted by atomic mass is 10.1. The Morgan fingerprint density at radius 2 is 1.66 bits per heavy atom. The fraction of sp³-hybridized carbons (Fsp3) is 0.200. The Balaban J connectivity index is 1.46. The van der Waals surface area contributed by atoms with Crippen LogP contribution in [0.4, 0.5) is 16.2 Å². The SMILES string of the molecule is CC(=O)Nc1cccc(NC(=O)NCCCN2C(=O)c3ccc(Br)cc3C2=O)c1. The van der Waals surface area contributed by atoms with E-state index in [-0.39, 0.29) is 30.8 Å². The smallest absolute Gasteiger partial charge is 0.319 e. The van der Waals surface area contributed by atoms with Gasteiger partial charge in [-0.15, -0.1) is 0 Å². The number of carbonyl (C=O) groups is 4. The first kappa shape index (κ1) is 20.5. The molecule has 1 aliphatic rings. The van der Waals surface area contributed by atoms with Gasteiger partial charge in [-0.2, -0.15) is 0 Å². The molecule has 1 heterocycles. The van der Waals surface area contributed by atoms with Gasteiger partial charge in [-0.25, -0.2) is 4.79 Å². The standard InChI is InChI=1S/C20H19BrN4O4/c1-12(26)23-14-4-2-5-15(11-14)24-20(29)22-8-3-9-25-18(27)16-7-6-13(21)10-17(16)19(25)28/h2,4-7,10-11H,3,8-9H2,1H3,(H,23,26)(H2,22,24,29). The molecule has 0 radical (unpaired) electrons. The van der Waals surface area contributed by atoms with Crippen LogP contribution in [0.1, 0.15) is 34.1 Å². The van der Waals surface area contributed by atoms with Gasteiger partial charge < -0.3 is 16.0 Å².